The Balaban J connectivity index is 1.57. The molecule has 19 heavy (non-hydrogen) atoms. The summed E-state index contributed by atoms with van der Waals surface area (Å²) in [6.07, 6.45) is 7.16. The molecule has 1 saturated carbocycles. The van der Waals surface area contributed by atoms with Crippen LogP contribution in [-0.4, -0.2) is 28.2 Å². The Morgan fingerprint density at radius 3 is 3.00 bits per heavy atom. The van der Waals surface area contributed by atoms with Crippen molar-refractivity contribution in [3.05, 3.63) is 30.4 Å². The lowest BCUT2D eigenvalue weighted by atomic mass is 9.92. The topological polar surface area (TPSA) is 63.8 Å². The van der Waals surface area contributed by atoms with Gasteiger partial charge in [0.25, 0.3) is 0 Å². The molecule has 0 bridgehead atoms. The van der Waals surface area contributed by atoms with Crippen molar-refractivity contribution in [2.45, 2.75) is 25.2 Å². The fourth-order valence-electron chi connectivity index (χ4n) is 3.16. The third-order valence-corrected chi connectivity index (χ3v) is 4.45. The van der Waals surface area contributed by atoms with Gasteiger partial charge in [-0.3, -0.25) is 4.98 Å². The van der Waals surface area contributed by atoms with Gasteiger partial charge in [0.2, 0.25) is 11.7 Å². The van der Waals surface area contributed by atoms with Gasteiger partial charge in [0, 0.05) is 23.9 Å². The number of hydrogen-bond acceptors (Lipinski definition) is 5. The zero-order chi connectivity index (χ0) is 12.7. The zero-order valence-corrected chi connectivity index (χ0v) is 10.7. The first kappa shape index (κ1) is 11.1. The first-order valence-electron chi connectivity index (χ1n) is 6.82. The van der Waals surface area contributed by atoms with Crippen LogP contribution in [0.1, 0.15) is 31.1 Å². The highest BCUT2D eigenvalue weighted by Crippen LogP contribution is 2.63. The van der Waals surface area contributed by atoms with Gasteiger partial charge in [-0.1, -0.05) is 5.16 Å². The minimum atomic E-state index is 0.435. The third-order valence-electron chi connectivity index (χ3n) is 4.45. The molecule has 0 unspecified atom stereocenters. The monoisotopic (exact) mass is 256 g/mol. The second-order valence-corrected chi connectivity index (χ2v) is 5.57. The largest absolute Gasteiger partial charge is 0.339 e. The Morgan fingerprint density at radius 2 is 2.21 bits per heavy atom. The normalized spacial score (nSPS) is 24.5. The molecule has 1 spiro atoms. The minimum absolute atomic E-state index is 0.435. The maximum atomic E-state index is 5.46. The summed E-state index contributed by atoms with van der Waals surface area (Å²) in [5.41, 5.74) is 1.35. The molecule has 98 valence electrons. The molecule has 2 aromatic heterocycles. The van der Waals surface area contributed by atoms with Gasteiger partial charge in [0.15, 0.2) is 0 Å². The van der Waals surface area contributed by atoms with Gasteiger partial charge in [0.1, 0.15) is 0 Å². The summed E-state index contributed by atoms with van der Waals surface area (Å²) in [5.74, 6) is 1.92. The molecular formula is C14H16N4O. The molecule has 2 aromatic rings. The van der Waals surface area contributed by atoms with Gasteiger partial charge in [-0.2, -0.15) is 4.98 Å². The second-order valence-electron chi connectivity index (χ2n) is 5.57. The van der Waals surface area contributed by atoms with Crippen molar-refractivity contribution in [2.75, 3.05) is 13.1 Å². The van der Waals surface area contributed by atoms with Crippen LogP contribution in [0.5, 0.6) is 0 Å². The highest BCUT2D eigenvalue weighted by atomic mass is 16.5. The predicted molar refractivity (Wildman–Crippen MR) is 69.4 cm³/mol. The van der Waals surface area contributed by atoms with Crippen molar-refractivity contribution in [3.8, 4) is 11.4 Å². The van der Waals surface area contributed by atoms with E-state index >= 15 is 0 Å². The van der Waals surface area contributed by atoms with Crippen molar-refractivity contribution in [1.82, 2.24) is 20.4 Å². The van der Waals surface area contributed by atoms with Crippen LogP contribution >= 0.6 is 0 Å². The van der Waals surface area contributed by atoms with E-state index in [9.17, 15) is 0 Å². The Hall–Kier alpha value is -1.75. The van der Waals surface area contributed by atoms with Crippen LogP contribution < -0.4 is 5.32 Å². The minimum Gasteiger partial charge on any atom is -0.339 e. The summed E-state index contributed by atoms with van der Waals surface area (Å²) in [7, 11) is 0. The van der Waals surface area contributed by atoms with Crippen LogP contribution in [0.15, 0.2) is 29.0 Å². The van der Waals surface area contributed by atoms with Gasteiger partial charge < -0.3 is 9.84 Å². The molecule has 1 N–H and O–H groups in total. The Morgan fingerprint density at radius 1 is 1.32 bits per heavy atom. The molecule has 1 aliphatic carbocycles. The third kappa shape index (κ3) is 1.85. The van der Waals surface area contributed by atoms with Gasteiger partial charge >= 0.3 is 0 Å². The van der Waals surface area contributed by atoms with E-state index in [1.54, 1.807) is 12.4 Å². The van der Waals surface area contributed by atoms with E-state index in [0.29, 0.717) is 17.2 Å². The van der Waals surface area contributed by atoms with Crippen LogP contribution in [-0.2, 0) is 0 Å². The van der Waals surface area contributed by atoms with Crippen LogP contribution in [0.25, 0.3) is 11.4 Å². The number of nitrogens with one attached hydrogen (secondary N) is 1. The van der Waals surface area contributed by atoms with Gasteiger partial charge in [-0.05, 0) is 49.9 Å². The summed E-state index contributed by atoms with van der Waals surface area (Å²) in [4.78, 5) is 8.64. The number of pyridine rings is 1. The number of nitrogens with zero attached hydrogens (tertiary/aromatic N) is 3. The molecule has 1 aliphatic heterocycles. The average Bonchev–Trinajstić information content (AvgIpc) is 2.96. The summed E-state index contributed by atoms with van der Waals surface area (Å²) >= 11 is 0. The van der Waals surface area contributed by atoms with Crippen molar-refractivity contribution < 1.29 is 4.52 Å². The number of aromatic nitrogens is 3. The summed E-state index contributed by atoms with van der Waals surface area (Å²) in [6, 6.07) is 3.84. The first-order valence-corrected chi connectivity index (χ1v) is 6.82. The SMILES string of the molecule is c1cncc(-c2noc([C@H]3CC34CCNCC4)n2)c1. The van der Waals surface area contributed by atoms with E-state index < -0.39 is 0 Å². The molecule has 1 saturated heterocycles. The number of piperidine rings is 1. The first-order chi connectivity index (χ1) is 9.37. The highest BCUT2D eigenvalue weighted by Gasteiger charge is 2.57. The van der Waals surface area contributed by atoms with Crippen LogP contribution in [0, 0.1) is 5.41 Å². The highest BCUT2D eigenvalue weighted by molar-refractivity contribution is 5.52. The quantitative estimate of drug-likeness (QED) is 0.890. The lowest BCUT2D eigenvalue weighted by Gasteiger charge is -2.22. The Bertz CT molecular complexity index is 574. The molecule has 0 amide bonds. The molecule has 2 aliphatic rings. The molecular weight excluding hydrogens is 240 g/mol. The van der Waals surface area contributed by atoms with Gasteiger partial charge in [-0.15, -0.1) is 0 Å². The Kier molecular flexibility index (Phi) is 2.41. The molecule has 0 aromatic carbocycles. The fraction of sp³-hybridized carbons (Fsp3) is 0.500. The molecule has 0 radical (unpaired) electrons. The maximum absolute atomic E-state index is 5.46. The lowest BCUT2D eigenvalue weighted by Crippen LogP contribution is -2.29. The second kappa shape index (κ2) is 4.13. The van der Waals surface area contributed by atoms with Crippen LogP contribution in [0.2, 0.25) is 0 Å². The van der Waals surface area contributed by atoms with E-state index in [1.165, 1.54) is 19.3 Å². The summed E-state index contributed by atoms with van der Waals surface area (Å²) < 4.78 is 5.46. The lowest BCUT2D eigenvalue weighted by molar-refractivity contribution is 0.311. The Labute approximate surface area is 111 Å². The smallest absolute Gasteiger partial charge is 0.230 e. The number of rotatable bonds is 2. The molecule has 1 atom stereocenters. The van der Waals surface area contributed by atoms with E-state index in [1.807, 2.05) is 12.1 Å². The van der Waals surface area contributed by atoms with E-state index in [0.717, 1.165) is 24.5 Å². The zero-order valence-electron chi connectivity index (χ0n) is 10.7. The van der Waals surface area contributed by atoms with Crippen LogP contribution in [0.3, 0.4) is 0 Å². The van der Waals surface area contributed by atoms with Gasteiger partial charge in [0.05, 0.1) is 0 Å². The molecule has 5 nitrogen and oxygen atoms in total. The number of hydrogen-bond donors (Lipinski definition) is 1. The summed E-state index contributed by atoms with van der Waals surface area (Å²) in [6.45, 7) is 2.22. The van der Waals surface area contributed by atoms with Gasteiger partial charge in [-0.25, -0.2) is 0 Å². The van der Waals surface area contributed by atoms with E-state index in [4.69, 9.17) is 4.52 Å². The van der Waals surface area contributed by atoms with Crippen molar-refractivity contribution in [3.63, 3.8) is 0 Å². The predicted octanol–water partition coefficient (Wildman–Crippen LogP) is 1.99. The van der Waals surface area contributed by atoms with Crippen molar-refractivity contribution >= 4 is 0 Å². The fourth-order valence-corrected chi connectivity index (χ4v) is 3.16. The van der Waals surface area contributed by atoms with E-state index in [-0.39, 0.29) is 0 Å². The van der Waals surface area contributed by atoms with Crippen molar-refractivity contribution in [2.24, 2.45) is 5.41 Å². The van der Waals surface area contributed by atoms with Crippen LogP contribution in [0.4, 0.5) is 0 Å². The standard InChI is InChI=1S/C14H16N4O/c1-2-10(9-16-5-1)12-17-13(19-18-12)11-8-14(11)3-6-15-7-4-14/h1-2,5,9,11,15H,3-4,6-8H2/t11-/m1/s1. The maximum Gasteiger partial charge on any atom is 0.230 e. The summed E-state index contributed by atoms with van der Waals surface area (Å²) in [5, 5.41) is 7.49. The molecule has 5 heteroatoms. The molecule has 3 heterocycles. The van der Waals surface area contributed by atoms with E-state index in [2.05, 4.69) is 20.4 Å². The van der Waals surface area contributed by atoms with Crippen molar-refractivity contribution in [1.29, 1.82) is 0 Å². The average molecular weight is 256 g/mol. The molecule has 2 fully saturated rings. The molecule has 4 rings (SSSR count).